The molecule has 0 aliphatic carbocycles. The van der Waals surface area contributed by atoms with Crippen LogP contribution in [0.2, 0.25) is 0 Å². The molecule has 5 heteroatoms. The maximum atomic E-state index is 10.3. The Hall–Kier alpha value is -1.62. The van der Waals surface area contributed by atoms with Crippen molar-refractivity contribution in [2.24, 2.45) is 0 Å². The lowest BCUT2D eigenvalue weighted by molar-refractivity contribution is -0.161. The summed E-state index contributed by atoms with van der Waals surface area (Å²) < 4.78 is 8.62. The van der Waals surface area contributed by atoms with E-state index in [-0.39, 0.29) is 5.97 Å². The van der Waals surface area contributed by atoms with Gasteiger partial charge in [0.2, 0.25) is 6.29 Å². The zero-order valence-electron chi connectivity index (χ0n) is 9.86. The Bertz CT molecular complexity index is 257. The van der Waals surface area contributed by atoms with E-state index in [1.807, 2.05) is 0 Å². The average molecular weight is 230 g/mol. The number of carbonyl (C=O) groups excluding carboxylic acids is 2. The van der Waals surface area contributed by atoms with Crippen LogP contribution in [-0.2, 0) is 19.1 Å². The number of carbonyl (C=O) groups is 2. The van der Waals surface area contributed by atoms with E-state index >= 15 is 0 Å². The highest BCUT2D eigenvalue weighted by atomic mass is 16.6. The van der Waals surface area contributed by atoms with Crippen LogP contribution < -0.4 is 0 Å². The van der Waals surface area contributed by atoms with E-state index in [1.54, 1.807) is 13.8 Å². The van der Waals surface area contributed by atoms with Crippen LogP contribution >= 0.6 is 0 Å². The lowest BCUT2D eigenvalue weighted by Gasteiger charge is -2.05. The van der Waals surface area contributed by atoms with E-state index < -0.39 is 12.3 Å². The van der Waals surface area contributed by atoms with Crippen molar-refractivity contribution in [3.63, 3.8) is 0 Å². The first-order valence-electron chi connectivity index (χ1n) is 4.63. The zero-order chi connectivity index (χ0) is 13.1. The van der Waals surface area contributed by atoms with Gasteiger partial charge in [-0.1, -0.05) is 20.1 Å². The Morgan fingerprint density at radius 1 is 1.50 bits per heavy atom. The minimum Gasteiger partial charge on any atom is -0.466 e. The molecule has 0 rings (SSSR count). The third-order valence-electron chi connectivity index (χ3n) is 1.30. The highest BCUT2D eigenvalue weighted by Gasteiger charge is 2.02. The number of aliphatic hydroxyl groups excluding tert-OH is 1. The molecule has 1 atom stereocenters. The average Bonchev–Trinajstić information content (AvgIpc) is 2.28. The fourth-order valence-corrected chi connectivity index (χ4v) is 0.440. The second-order valence-corrected chi connectivity index (χ2v) is 2.78. The summed E-state index contributed by atoms with van der Waals surface area (Å²) in [5, 5.41) is 8.67. The van der Waals surface area contributed by atoms with Crippen molar-refractivity contribution in [2.75, 3.05) is 7.11 Å². The Morgan fingerprint density at radius 2 is 2.00 bits per heavy atom. The molecule has 92 valence electrons. The first-order chi connectivity index (χ1) is 7.38. The maximum Gasteiger partial charge on any atom is 0.332 e. The first-order valence-corrected chi connectivity index (χ1v) is 4.63. The molecule has 0 aromatic rings. The van der Waals surface area contributed by atoms with Crippen LogP contribution in [0.5, 0.6) is 0 Å². The quantitative estimate of drug-likeness (QED) is 0.446. The predicted octanol–water partition coefficient (Wildman–Crippen LogP) is 1.18. The van der Waals surface area contributed by atoms with Gasteiger partial charge >= 0.3 is 11.9 Å². The third-order valence-corrected chi connectivity index (χ3v) is 1.30. The van der Waals surface area contributed by atoms with E-state index in [0.29, 0.717) is 12.0 Å². The summed E-state index contributed by atoms with van der Waals surface area (Å²) in [6, 6.07) is 0. The number of rotatable bonds is 4. The molecule has 0 aliphatic heterocycles. The lowest BCUT2D eigenvalue weighted by Crippen LogP contribution is -2.14. The standard InChI is InChI=1S/C6H10O3.C5H8O2/c1-3-5(7)9-6(8)4-2;1-4(2)5(6)7-3/h3,6,8H,1,4H2,2H3;1H2,2-3H3. The van der Waals surface area contributed by atoms with Crippen LogP contribution in [-0.4, -0.2) is 30.4 Å². The largest absolute Gasteiger partial charge is 0.466 e. The van der Waals surface area contributed by atoms with Gasteiger partial charge < -0.3 is 14.6 Å². The molecule has 0 radical (unpaired) electrons. The van der Waals surface area contributed by atoms with Gasteiger partial charge in [-0.25, -0.2) is 9.59 Å². The molecule has 0 aromatic heterocycles. The number of aliphatic hydroxyl groups is 1. The van der Waals surface area contributed by atoms with Crippen LogP contribution in [0.1, 0.15) is 20.3 Å². The number of methoxy groups -OCH3 is 1. The molecule has 0 saturated heterocycles. The van der Waals surface area contributed by atoms with Crippen LogP contribution in [0, 0.1) is 0 Å². The Balaban J connectivity index is 0. The molecule has 0 fully saturated rings. The zero-order valence-corrected chi connectivity index (χ0v) is 9.86. The van der Waals surface area contributed by atoms with Crippen molar-refractivity contribution in [2.45, 2.75) is 26.6 Å². The Labute approximate surface area is 95.4 Å². The van der Waals surface area contributed by atoms with Gasteiger partial charge in [-0.3, -0.25) is 0 Å². The summed E-state index contributed by atoms with van der Waals surface area (Å²) >= 11 is 0. The summed E-state index contributed by atoms with van der Waals surface area (Å²) in [5.74, 6) is -0.940. The summed E-state index contributed by atoms with van der Waals surface area (Å²) in [7, 11) is 1.33. The highest BCUT2D eigenvalue weighted by Crippen LogP contribution is 1.92. The topological polar surface area (TPSA) is 72.8 Å². The van der Waals surface area contributed by atoms with E-state index in [1.165, 1.54) is 7.11 Å². The minimum absolute atomic E-state index is 0.347. The number of hydrogen-bond donors (Lipinski definition) is 1. The highest BCUT2D eigenvalue weighted by molar-refractivity contribution is 5.86. The SMILES string of the molecule is C=C(C)C(=O)OC.C=CC(=O)OC(O)CC. The van der Waals surface area contributed by atoms with Crippen molar-refractivity contribution in [3.8, 4) is 0 Å². The molecule has 0 saturated carbocycles. The minimum atomic E-state index is -0.990. The fraction of sp³-hybridized carbons (Fsp3) is 0.455. The number of hydrogen-bond acceptors (Lipinski definition) is 5. The molecule has 0 spiro atoms. The molecule has 0 amide bonds. The van der Waals surface area contributed by atoms with Gasteiger partial charge in [0.25, 0.3) is 0 Å². The molecular weight excluding hydrogens is 212 g/mol. The molecule has 16 heavy (non-hydrogen) atoms. The number of esters is 2. The van der Waals surface area contributed by atoms with E-state index in [9.17, 15) is 9.59 Å². The molecule has 0 bridgehead atoms. The number of ether oxygens (including phenoxy) is 2. The fourth-order valence-electron chi connectivity index (χ4n) is 0.440. The van der Waals surface area contributed by atoms with Crippen LogP contribution in [0.3, 0.4) is 0 Å². The van der Waals surface area contributed by atoms with Crippen molar-refractivity contribution in [3.05, 3.63) is 24.8 Å². The molecule has 1 unspecified atom stereocenters. The molecule has 5 nitrogen and oxygen atoms in total. The van der Waals surface area contributed by atoms with Crippen molar-refractivity contribution < 1.29 is 24.2 Å². The van der Waals surface area contributed by atoms with Gasteiger partial charge in [-0.05, 0) is 6.92 Å². The van der Waals surface area contributed by atoms with Crippen LogP contribution in [0.4, 0.5) is 0 Å². The molecular formula is C11H18O5. The van der Waals surface area contributed by atoms with Gasteiger partial charge in [-0.15, -0.1) is 0 Å². The van der Waals surface area contributed by atoms with Crippen LogP contribution in [0.15, 0.2) is 24.8 Å². The second kappa shape index (κ2) is 9.92. The normalized spacial score (nSPS) is 10.2. The second-order valence-electron chi connectivity index (χ2n) is 2.78. The summed E-state index contributed by atoms with van der Waals surface area (Å²) in [6.07, 6.45) is 0.425. The van der Waals surface area contributed by atoms with Crippen molar-refractivity contribution in [1.29, 1.82) is 0 Å². The first kappa shape index (κ1) is 16.8. The molecule has 0 aromatic carbocycles. The smallest absolute Gasteiger partial charge is 0.332 e. The van der Waals surface area contributed by atoms with Gasteiger partial charge in [0.05, 0.1) is 7.11 Å². The van der Waals surface area contributed by atoms with E-state index in [0.717, 1.165) is 6.08 Å². The Morgan fingerprint density at radius 3 is 2.19 bits per heavy atom. The monoisotopic (exact) mass is 230 g/mol. The van der Waals surface area contributed by atoms with E-state index in [4.69, 9.17) is 5.11 Å². The Kier molecular flexibility index (Phi) is 10.4. The van der Waals surface area contributed by atoms with E-state index in [2.05, 4.69) is 22.6 Å². The van der Waals surface area contributed by atoms with Gasteiger partial charge in [-0.2, -0.15) is 0 Å². The van der Waals surface area contributed by atoms with Gasteiger partial charge in [0, 0.05) is 18.1 Å². The van der Waals surface area contributed by atoms with Crippen molar-refractivity contribution in [1.82, 2.24) is 0 Å². The molecule has 0 heterocycles. The van der Waals surface area contributed by atoms with Crippen molar-refractivity contribution >= 4 is 11.9 Å². The predicted molar refractivity (Wildman–Crippen MR) is 59.4 cm³/mol. The summed E-state index contributed by atoms with van der Waals surface area (Å²) in [6.45, 7) is 9.83. The van der Waals surface area contributed by atoms with Gasteiger partial charge in [0.1, 0.15) is 0 Å². The summed E-state index contributed by atoms with van der Waals surface area (Å²) in [5.41, 5.74) is 0.433. The lowest BCUT2D eigenvalue weighted by atomic mass is 10.4. The van der Waals surface area contributed by atoms with Gasteiger partial charge in [0.15, 0.2) is 0 Å². The third kappa shape index (κ3) is 10.5. The molecule has 0 aliphatic rings. The maximum absolute atomic E-state index is 10.3. The van der Waals surface area contributed by atoms with Crippen LogP contribution in [0.25, 0.3) is 0 Å². The molecule has 1 N–H and O–H groups in total. The summed E-state index contributed by atoms with van der Waals surface area (Å²) in [4.78, 5) is 20.5.